The summed E-state index contributed by atoms with van der Waals surface area (Å²) in [5.41, 5.74) is 2.80. The van der Waals surface area contributed by atoms with Crippen molar-refractivity contribution in [2.75, 3.05) is 6.61 Å². The molecule has 2 nitrogen and oxygen atoms in total. The third-order valence-electron chi connectivity index (χ3n) is 2.79. The van der Waals surface area contributed by atoms with E-state index in [1.165, 1.54) is 0 Å². The molecule has 0 fully saturated rings. The highest BCUT2D eigenvalue weighted by molar-refractivity contribution is 5.75. The first-order chi connectivity index (χ1) is 9.29. The number of aldehydes is 1. The fraction of sp³-hybridized carbons (Fsp3) is 0.118. The Morgan fingerprint density at radius 1 is 1.05 bits per heavy atom. The topological polar surface area (TPSA) is 26.3 Å². The minimum atomic E-state index is 0.484. The molecule has 0 N–H and O–H groups in total. The number of hydrogen-bond donors (Lipinski definition) is 0. The van der Waals surface area contributed by atoms with Gasteiger partial charge in [-0.1, -0.05) is 48.5 Å². The molecule has 0 aliphatic carbocycles. The van der Waals surface area contributed by atoms with Crippen LogP contribution in [0.1, 0.15) is 21.5 Å². The predicted molar refractivity (Wildman–Crippen MR) is 77.5 cm³/mol. The van der Waals surface area contributed by atoms with Gasteiger partial charge in [-0.15, -0.1) is 0 Å². The van der Waals surface area contributed by atoms with Crippen LogP contribution < -0.4 is 4.74 Å². The SMILES string of the molecule is Cc1ccc(C=O)cc1OC/C=C/c1ccccc1. The van der Waals surface area contributed by atoms with Gasteiger partial charge in [0.05, 0.1) is 0 Å². The van der Waals surface area contributed by atoms with E-state index in [1.807, 2.05) is 55.5 Å². The molecule has 0 aromatic heterocycles. The van der Waals surface area contributed by atoms with Gasteiger partial charge >= 0.3 is 0 Å². The number of benzene rings is 2. The van der Waals surface area contributed by atoms with Crippen LogP contribution in [-0.2, 0) is 0 Å². The van der Waals surface area contributed by atoms with Crippen LogP contribution in [-0.4, -0.2) is 12.9 Å². The van der Waals surface area contributed by atoms with E-state index in [0.717, 1.165) is 23.2 Å². The van der Waals surface area contributed by atoms with Crippen LogP contribution in [0.25, 0.3) is 6.08 Å². The molecular weight excluding hydrogens is 236 g/mol. The van der Waals surface area contributed by atoms with Crippen molar-refractivity contribution in [1.29, 1.82) is 0 Å². The van der Waals surface area contributed by atoms with Gasteiger partial charge in [0.15, 0.2) is 0 Å². The van der Waals surface area contributed by atoms with Crippen molar-refractivity contribution >= 4 is 12.4 Å². The second kappa shape index (κ2) is 6.55. The number of aryl methyl sites for hydroxylation is 1. The second-order valence-electron chi connectivity index (χ2n) is 4.27. The maximum Gasteiger partial charge on any atom is 0.150 e. The lowest BCUT2D eigenvalue weighted by Gasteiger charge is -2.07. The van der Waals surface area contributed by atoms with Crippen molar-refractivity contribution in [3.63, 3.8) is 0 Å². The van der Waals surface area contributed by atoms with Crippen molar-refractivity contribution in [1.82, 2.24) is 0 Å². The van der Waals surface area contributed by atoms with E-state index in [9.17, 15) is 4.79 Å². The van der Waals surface area contributed by atoms with Crippen LogP contribution in [0.3, 0.4) is 0 Å². The first-order valence-corrected chi connectivity index (χ1v) is 6.20. The summed E-state index contributed by atoms with van der Waals surface area (Å²) in [6, 6.07) is 15.5. The molecular formula is C17H16O2. The first kappa shape index (κ1) is 13.1. The lowest BCUT2D eigenvalue weighted by Crippen LogP contribution is -1.96. The molecule has 2 aromatic carbocycles. The summed E-state index contributed by atoms with van der Waals surface area (Å²) in [6.07, 6.45) is 4.80. The van der Waals surface area contributed by atoms with Crippen molar-refractivity contribution in [3.8, 4) is 5.75 Å². The average Bonchev–Trinajstić information content (AvgIpc) is 2.46. The highest BCUT2D eigenvalue weighted by Gasteiger charge is 1.99. The smallest absolute Gasteiger partial charge is 0.150 e. The normalized spacial score (nSPS) is 10.6. The molecule has 0 aliphatic rings. The van der Waals surface area contributed by atoms with E-state index in [4.69, 9.17) is 4.74 Å². The third kappa shape index (κ3) is 3.81. The molecule has 2 heteroatoms. The van der Waals surface area contributed by atoms with Gasteiger partial charge in [-0.25, -0.2) is 0 Å². The summed E-state index contributed by atoms with van der Waals surface area (Å²) < 4.78 is 5.66. The standard InChI is InChI=1S/C17H16O2/c1-14-9-10-16(13-18)12-17(14)19-11-5-8-15-6-3-2-4-7-15/h2-10,12-13H,11H2,1H3/b8-5+. The minimum Gasteiger partial charge on any atom is -0.489 e. The Balaban J connectivity index is 1.96. The Labute approximate surface area is 113 Å². The lowest BCUT2D eigenvalue weighted by molar-refractivity contribution is 0.112. The molecule has 0 atom stereocenters. The molecule has 0 spiro atoms. The molecule has 0 saturated carbocycles. The maximum absolute atomic E-state index is 10.7. The lowest BCUT2D eigenvalue weighted by atomic mass is 10.1. The number of carbonyl (C=O) groups excluding carboxylic acids is 1. The highest BCUT2D eigenvalue weighted by Crippen LogP contribution is 2.18. The first-order valence-electron chi connectivity index (χ1n) is 6.20. The largest absolute Gasteiger partial charge is 0.489 e. The molecule has 0 radical (unpaired) electrons. The van der Waals surface area contributed by atoms with Crippen molar-refractivity contribution < 1.29 is 9.53 Å². The van der Waals surface area contributed by atoms with Crippen LogP contribution >= 0.6 is 0 Å². The summed E-state index contributed by atoms with van der Waals surface area (Å²) in [4.78, 5) is 10.7. The zero-order chi connectivity index (χ0) is 13.5. The average molecular weight is 252 g/mol. The molecule has 0 heterocycles. The van der Waals surface area contributed by atoms with Crippen molar-refractivity contribution in [3.05, 3.63) is 71.3 Å². The summed E-state index contributed by atoms with van der Waals surface area (Å²) in [5, 5.41) is 0. The van der Waals surface area contributed by atoms with Gasteiger partial charge in [0, 0.05) is 5.56 Å². The molecule has 0 saturated heterocycles. The zero-order valence-electron chi connectivity index (χ0n) is 10.9. The minimum absolute atomic E-state index is 0.484. The van der Waals surface area contributed by atoms with Gasteiger partial charge in [-0.2, -0.15) is 0 Å². The molecule has 2 aromatic rings. The molecule has 19 heavy (non-hydrogen) atoms. The van der Waals surface area contributed by atoms with Gasteiger partial charge in [-0.05, 0) is 30.2 Å². The highest BCUT2D eigenvalue weighted by atomic mass is 16.5. The van der Waals surface area contributed by atoms with Crippen LogP contribution in [0.4, 0.5) is 0 Å². The van der Waals surface area contributed by atoms with Gasteiger partial charge in [0.25, 0.3) is 0 Å². The Morgan fingerprint density at radius 3 is 2.58 bits per heavy atom. The Kier molecular flexibility index (Phi) is 4.51. The quantitative estimate of drug-likeness (QED) is 0.754. The summed E-state index contributed by atoms with van der Waals surface area (Å²) >= 11 is 0. The number of rotatable bonds is 5. The van der Waals surface area contributed by atoms with Crippen molar-refractivity contribution in [2.24, 2.45) is 0 Å². The van der Waals surface area contributed by atoms with Crippen LogP contribution in [0.15, 0.2) is 54.6 Å². The Bertz CT molecular complexity index is 571. The molecule has 0 amide bonds. The maximum atomic E-state index is 10.7. The Morgan fingerprint density at radius 2 is 1.84 bits per heavy atom. The van der Waals surface area contributed by atoms with Crippen LogP contribution in [0, 0.1) is 6.92 Å². The van der Waals surface area contributed by atoms with E-state index in [2.05, 4.69) is 0 Å². The van der Waals surface area contributed by atoms with Gasteiger partial charge in [0.1, 0.15) is 18.6 Å². The molecule has 0 unspecified atom stereocenters. The fourth-order valence-corrected chi connectivity index (χ4v) is 1.73. The van der Waals surface area contributed by atoms with E-state index >= 15 is 0 Å². The fourth-order valence-electron chi connectivity index (χ4n) is 1.73. The van der Waals surface area contributed by atoms with Gasteiger partial charge in [0.2, 0.25) is 0 Å². The van der Waals surface area contributed by atoms with E-state index in [1.54, 1.807) is 12.1 Å². The zero-order valence-corrected chi connectivity index (χ0v) is 10.9. The van der Waals surface area contributed by atoms with E-state index in [0.29, 0.717) is 12.2 Å². The van der Waals surface area contributed by atoms with Crippen LogP contribution in [0.2, 0.25) is 0 Å². The molecule has 0 bridgehead atoms. The molecule has 2 rings (SSSR count). The van der Waals surface area contributed by atoms with Gasteiger partial charge < -0.3 is 4.74 Å². The van der Waals surface area contributed by atoms with Gasteiger partial charge in [-0.3, -0.25) is 4.79 Å². The number of ether oxygens (including phenoxy) is 1. The third-order valence-corrected chi connectivity index (χ3v) is 2.79. The number of carbonyl (C=O) groups is 1. The second-order valence-corrected chi connectivity index (χ2v) is 4.27. The summed E-state index contributed by atoms with van der Waals surface area (Å²) in [6.45, 7) is 2.45. The summed E-state index contributed by atoms with van der Waals surface area (Å²) in [7, 11) is 0. The van der Waals surface area contributed by atoms with E-state index < -0.39 is 0 Å². The van der Waals surface area contributed by atoms with Crippen LogP contribution in [0.5, 0.6) is 5.75 Å². The monoisotopic (exact) mass is 252 g/mol. The van der Waals surface area contributed by atoms with E-state index in [-0.39, 0.29) is 0 Å². The molecule has 0 aliphatic heterocycles. The predicted octanol–water partition coefficient (Wildman–Crippen LogP) is 3.90. The summed E-state index contributed by atoms with van der Waals surface area (Å²) in [5.74, 6) is 0.752. The van der Waals surface area contributed by atoms with Crippen molar-refractivity contribution in [2.45, 2.75) is 6.92 Å². The Hall–Kier alpha value is -2.35. The number of hydrogen-bond acceptors (Lipinski definition) is 2. The molecule has 96 valence electrons.